The van der Waals surface area contributed by atoms with Crippen molar-refractivity contribution in [3.05, 3.63) is 36.2 Å². The Morgan fingerprint density at radius 3 is 2.24 bits per heavy atom. The molecule has 9 nitrogen and oxygen atoms in total. The molecule has 154 valence electrons. The number of benzene rings is 2. The predicted octanol–water partition coefficient (Wildman–Crippen LogP) is 2.52. The van der Waals surface area contributed by atoms with E-state index < -0.39 is 16.7 Å². The maximum atomic E-state index is 13.3. The summed E-state index contributed by atoms with van der Waals surface area (Å²) in [5.74, 6) is 1.52. The summed E-state index contributed by atoms with van der Waals surface area (Å²) in [6, 6.07) is 5.84. The number of hydrogen-bond acceptors (Lipinski definition) is 8. The van der Waals surface area contributed by atoms with Crippen LogP contribution < -0.4 is 24.7 Å². The van der Waals surface area contributed by atoms with Crippen LogP contribution in [0, 0.1) is 0 Å². The summed E-state index contributed by atoms with van der Waals surface area (Å²) >= 11 is 0. The number of hydrogen-bond donors (Lipinski definition) is 2. The minimum atomic E-state index is -4.15. The molecule has 0 aliphatic heterocycles. The van der Waals surface area contributed by atoms with Gasteiger partial charge in [0.2, 0.25) is 10.0 Å². The molecule has 0 aliphatic carbocycles. The van der Waals surface area contributed by atoms with Crippen molar-refractivity contribution < 1.29 is 27.0 Å². The van der Waals surface area contributed by atoms with Crippen LogP contribution in [0.1, 0.15) is 5.56 Å². The monoisotopic (exact) mass is 422 g/mol. The second-order valence-corrected chi connectivity index (χ2v) is 7.44. The van der Waals surface area contributed by atoms with Gasteiger partial charge in [-0.05, 0) is 18.2 Å². The Kier molecular flexibility index (Phi) is 5.71. The molecule has 1 aromatic heterocycles. The van der Waals surface area contributed by atoms with E-state index in [2.05, 4.69) is 15.3 Å². The number of halogens is 1. The molecule has 0 spiro atoms. The minimum absolute atomic E-state index is 0.103. The van der Waals surface area contributed by atoms with Gasteiger partial charge in [-0.25, -0.2) is 27.9 Å². The molecule has 11 heteroatoms. The molecular formula is C18H19FN4O5S. The van der Waals surface area contributed by atoms with Gasteiger partial charge in [-0.15, -0.1) is 0 Å². The summed E-state index contributed by atoms with van der Waals surface area (Å²) in [4.78, 5) is 8.08. The van der Waals surface area contributed by atoms with E-state index in [1.807, 2.05) is 0 Å². The number of fused-ring (bicyclic) bond motifs is 1. The maximum absolute atomic E-state index is 13.3. The highest BCUT2D eigenvalue weighted by atomic mass is 32.2. The number of anilines is 2. The molecule has 29 heavy (non-hydrogen) atoms. The van der Waals surface area contributed by atoms with Gasteiger partial charge in [-0.2, -0.15) is 0 Å². The van der Waals surface area contributed by atoms with E-state index in [9.17, 15) is 12.8 Å². The molecule has 0 fully saturated rings. The second kappa shape index (κ2) is 8.05. The average Bonchev–Trinajstić information content (AvgIpc) is 2.71. The molecule has 0 atom stereocenters. The second-order valence-electron chi connectivity index (χ2n) is 5.91. The largest absolute Gasteiger partial charge is 0.495 e. The fourth-order valence-electron chi connectivity index (χ4n) is 2.85. The van der Waals surface area contributed by atoms with Crippen LogP contribution in [0.2, 0.25) is 0 Å². The van der Waals surface area contributed by atoms with Crippen molar-refractivity contribution in [2.45, 2.75) is 11.6 Å². The Morgan fingerprint density at radius 1 is 1.00 bits per heavy atom. The van der Waals surface area contributed by atoms with Crippen LogP contribution in [0.5, 0.6) is 17.2 Å². The zero-order valence-electron chi connectivity index (χ0n) is 15.9. The van der Waals surface area contributed by atoms with Crippen LogP contribution in [0.4, 0.5) is 15.9 Å². The van der Waals surface area contributed by atoms with Crippen LogP contribution >= 0.6 is 0 Å². The predicted molar refractivity (Wildman–Crippen MR) is 105 cm³/mol. The Morgan fingerprint density at radius 2 is 1.66 bits per heavy atom. The van der Waals surface area contributed by atoms with Gasteiger partial charge >= 0.3 is 0 Å². The van der Waals surface area contributed by atoms with Crippen LogP contribution in [-0.4, -0.2) is 39.7 Å². The molecular weight excluding hydrogens is 403 g/mol. The third-order valence-electron chi connectivity index (χ3n) is 4.23. The number of rotatable bonds is 7. The molecule has 3 rings (SSSR count). The number of alkyl halides is 1. The van der Waals surface area contributed by atoms with Crippen LogP contribution in [-0.2, 0) is 16.7 Å². The molecule has 3 N–H and O–H groups in total. The first-order chi connectivity index (χ1) is 13.8. The number of sulfonamides is 1. The maximum Gasteiger partial charge on any atom is 0.238 e. The van der Waals surface area contributed by atoms with Crippen molar-refractivity contribution in [2.75, 3.05) is 26.6 Å². The zero-order valence-corrected chi connectivity index (χ0v) is 16.7. The third-order valence-corrected chi connectivity index (χ3v) is 5.22. The summed E-state index contributed by atoms with van der Waals surface area (Å²) < 4.78 is 52.9. The van der Waals surface area contributed by atoms with Crippen molar-refractivity contribution in [3.8, 4) is 17.2 Å². The topological polar surface area (TPSA) is 126 Å². The van der Waals surface area contributed by atoms with Gasteiger partial charge in [0.05, 0.1) is 37.4 Å². The summed E-state index contributed by atoms with van der Waals surface area (Å²) in [5, 5.41) is 8.81. The molecule has 2 aromatic carbocycles. The van der Waals surface area contributed by atoms with E-state index in [1.54, 1.807) is 12.1 Å². The number of ether oxygens (including phenoxy) is 3. The smallest absolute Gasteiger partial charge is 0.238 e. The lowest BCUT2D eigenvalue weighted by Gasteiger charge is -2.16. The Bertz CT molecular complexity index is 1170. The van der Waals surface area contributed by atoms with Crippen LogP contribution in [0.3, 0.4) is 0 Å². The van der Waals surface area contributed by atoms with Gasteiger partial charge in [0.1, 0.15) is 24.6 Å². The first-order valence-electron chi connectivity index (χ1n) is 8.25. The van der Waals surface area contributed by atoms with Crippen molar-refractivity contribution in [3.63, 3.8) is 0 Å². The summed E-state index contributed by atoms with van der Waals surface area (Å²) in [6.45, 7) is -1.02. The highest BCUT2D eigenvalue weighted by molar-refractivity contribution is 7.89. The zero-order chi connectivity index (χ0) is 21.2. The lowest BCUT2D eigenvalue weighted by Crippen LogP contribution is -2.15. The van der Waals surface area contributed by atoms with Crippen molar-refractivity contribution in [1.82, 2.24) is 9.97 Å². The number of nitrogens with two attached hydrogens (primary N) is 1. The molecule has 1 heterocycles. The fourth-order valence-corrected chi connectivity index (χ4v) is 3.61. The van der Waals surface area contributed by atoms with E-state index in [0.717, 1.165) is 0 Å². The molecule has 0 bridgehead atoms. The van der Waals surface area contributed by atoms with Gasteiger partial charge in [0, 0.05) is 17.0 Å². The van der Waals surface area contributed by atoms with E-state index in [-0.39, 0.29) is 21.9 Å². The molecule has 0 unspecified atom stereocenters. The molecule has 0 radical (unpaired) electrons. The molecule has 3 aromatic rings. The molecule has 0 saturated carbocycles. The average molecular weight is 422 g/mol. The van der Waals surface area contributed by atoms with Crippen molar-refractivity contribution in [2.24, 2.45) is 5.14 Å². The van der Waals surface area contributed by atoms with E-state index in [0.29, 0.717) is 28.2 Å². The SMILES string of the molecule is COc1cc(CF)c(S(N)(=O)=O)cc1Nc1ncnc2cc(OC)c(OC)cc12. The van der Waals surface area contributed by atoms with Crippen molar-refractivity contribution >= 4 is 32.4 Å². The fraction of sp³-hybridized carbons (Fsp3) is 0.222. The van der Waals surface area contributed by atoms with Gasteiger partial charge in [-0.1, -0.05) is 0 Å². The molecule has 0 saturated heterocycles. The Hall–Kier alpha value is -3.18. The first-order valence-corrected chi connectivity index (χ1v) is 9.80. The van der Waals surface area contributed by atoms with Crippen LogP contribution in [0.15, 0.2) is 35.5 Å². The number of methoxy groups -OCH3 is 3. The quantitative estimate of drug-likeness (QED) is 0.595. The Balaban J connectivity index is 2.18. The summed E-state index contributed by atoms with van der Waals surface area (Å²) in [6.07, 6.45) is 1.33. The lowest BCUT2D eigenvalue weighted by atomic mass is 10.1. The Labute approximate surface area is 166 Å². The van der Waals surface area contributed by atoms with Gasteiger partial charge in [0.25, 0.3) is 0 Å². The highest BCUT2D eigenvalue weighted by Gasteiger charge is 2.20. The number of aromatic nitrogens is 2. The van der Waals surface area contributed by atoms with Crippen molar-refractivity contribution in [1.29, 1.82) is 0 Å². The number of nitrogens with zero attached hydrogens (tertiary/aromatic N) is 2. The number of primary sulfonamides is 1. The number of nitrogens with one attached hydrogen (secondary N) is 1. The van der Waals surface area contributed by atoms with Gasteiger partial charge < -0.3 is 19.5 Å². The molecule has 0 aliphatic rings. The normalized spacial score (nSPS) is 11.3. The van der Waals surface area contributed by atoms with Gasteiger partial charge in [-0.3, -0.25) is 0 Å². The summed E-state index contributed by atoms with van der Waals surface area (Å²) in [7, 11) is 0.235. The summed E-state index contributed by atoms with van der Waals surface area (Å²) in [5.41, 5.74) is 0.698. The van der Waals surface area contributed by atoms with Crippen LogP contribution in [0.25, 0.3) is 10.9 Å². The third kappa shape index (κ3) is 4.00. The standard InChI is InChI=1S/C18H19FN4O5S/c1-26-14-4-10(8-19)17(29(20,24)25)7-13(14)23-18-11-5-15(27-2)16(28-3)6-12(11)21-9-22-18/h4-7,9H,8H2,1-3H3,(H2,20,24,25)(H,21,22,23). The molecule has 0 amide bonds. The van der Waals surface area contributed by atoms with Gasteiger partial charge in [0.15, 0.2) is 11.5 Å². The lowest BCUT2D eigenvalue weighted by molar-refractivity contribution is 0.356. The minimum Gasteiger partial charge on any atom is -0.495 e. The van der Waals surface area contributed by atoms with E-state index >= 15 is 0 Å². The first kappa shape index (κ1) is 20.6. The van der Waals surface area contributed by atoms with E-state index in [4.69, 9.17) is 19.3 Å². The van der Waals surface area contributed by atoms with E-state index in [1.165, 1.54) is 39.8 Å². The highest BCUT2D eigenvalue weighted by Crippen LogP contribution is 2.37.